The number of aromatic nitrogens is 1. The Hall–Kier alpha value is -2.57. The fourth-order valence-electron chi connectivity index (χ4n) is 2.19. The quantitative estimate of drug-likeness (QED) is 0.519. The highest BCUT2D eigenvalue weighted by molar-refractivity contribution is 7.07. The number of benzene rings is 2. The predicted octanol–water partition coefficient (Wildman–Crippen LogP) is 4.65. The van der Waals surface area contributed by atoms with Crippen molar-refractivity contribution in [2.45, 2.75) is 6.92 Å². The molecule has 2 aromatic carbocycles. The summed E-state index contributed by atoms with van der Waals surface area (Å²) in [6.07, 6.45) is 0. The zero-order valence-electron chi connectivity index (χ0n) is 13.8. The van der Waals surface area contributed by atoms with Crippen molar-refractivity contribution in [3.8, 4) is 5.75 Å². The van der Waals surface area contributed by atoms with E-state index in [1.54, 1.807) is 29.3 Å². The second-order valence-electron chi connectivity index (χ2n) is 5.29. The molecule has 7 heteroatoms. The van der Waals surface area contributed by atoms with Gasteiger partial charge in [0.15, 0.2) is 0 Å². The molecule has 3 rings (SSSR count). The van der Waals surface area contributed by atoms with E-state index in [0.717, 1.165) is 22.0 Å². The number of nitrogens with one attached hydrogen (secondary N) is 2. The van der Waals surface area contributed by atoms with E-state index < -0.39 is 0 Å². The van der Waals surface area contributed by atoms with Gasteiger partial charge in [-0.05, 0) is 61.5 Å². The van der Waals surface area contributed by atoms with E-state index in [9.17, 15) is 0 Å². The number of nitrogens with zero attached hydrogens (tertiary/aromatic N) is 2. The molecule has 1 heterocycles. The first-order chi connectivity index (χ1) is 12.0. The summed E-state index contributed by atoms with van der Waals surface area (Å²) < 4.78 is 6.93. The van der Waals surface area contributed by atoms with Gasteiger partial charge in [-0.15, -0.1) is 0 Å². The number of anilines is 1. The topological polar surface area (TPSA) is 62.4 Å². The molecule has 128 valence electrons. The van der Waals surface area contributed by atoms with Crippen molar-refractivity contribution in [2.24, 2.45) is 4.99 Å². The molecule has 0 amide bonds. The maximum absolute atomic E-state index is 8.16. The zero-order chi connectivity index (χ0) is 17.8. The highest BCUT2D eigenvalue weighted by Crippen LogP contribution is 2.19. The van der Waals surface area contributed by atoms with Crippen molar-refractivity contribution in [3.63, 3.8) is 0 Å². The third kappa shape index (κ3) is 4.29. The molecule has 1 aromatic heterocycles. The van der Waals surface area contributed by atoms with Gasteiger partial charge in [0, 0.05) is 15.6 Å². The Labute approximate surface area is 154 Å². The molecular weight excluding hydrogens is 356 g/mol. The van der Waals surface area contributed by atoms with E-state index in [1.165, 1.54) is 11.5 Å². The minimum absolute atomic E-state index is 0.372. The van der Waals surface area contributed by atoms with Crippen LogP contribution < -0.4 is 15.5 Å². The third-order valence-electron chi connectivity index (χ3n) is 3.39. The van der Waals surface area contributed by atoms with Crippen LogP contribution in [0.25, 0.3) is 0 Å². The molecule has 0 aliphatic rings. The van der Waals surface area contributed by atoms with Crippen LogP contribution in [0.4, 0.5) is 11.4 Å². The zero-order valence-corrected chi connectivity index (χ0v) is 15.4. The second-order valence-corrected chi connectivity index (χ2v) is 6.92. The van der Waals surface area contributed by atoms with Crippen LogP contribution in [0.15, 0.2) is 59.6 Å². The van der Waals surface area contributed by atoms with Crippen molar-refractivity contribution in [1.82, 2.24) is 3.96 Å². The monoisotopic (exact) mass is 372 g/mol. The fraction of sp³-hybridized carbons (Fsp3) is 0.111. The number of hydrogen-bond acceptors (Lipinski definition) is 4. The van der Waals surface area contributed by atoms with Gasteiger partial charge >= 0.3 is 0 Å². The van der Waals surface area contributed by atoms with E-state index in [-0.39, 0.29) is 0 Å². The molecule has 0 radical (unpaired) electrons. The third-order valence-corrected chi connectivity index (χ3v) is 4.60. The first-order valence-corrected chi connectivity index (χ1v) is 8.70. The summed E-state index contributed by atoms with van der Waals surface area (Å²) in [5, 5.41) is 12.1. The van der Waals surface area contributed by atoms with Gasteiger partial charge in [-0.3, -0.25) is 5.41 Å². The van der Waals surface area contributed by atoms with Crippen molar-refractivity contribution in [1.29, 1.82) is 5.41 Å². The second kappa shape index (κ2) is 7.55. The first kappa shape index (κ1) is 17.3. The highest BCUT2D eigenvalue weighted by Gasteiger charge is 2.08. The van der Waals surface area contributed by atoms with Gasteiger partial charge in [-0.2, -0.15) is 0 Å². The van der Waals surface area contributed by atoms with E-state index in [2.05, 4.69) is 10.3 Å². The molecule has 3 aromatic rings. The van der Waals surface area contributed by atoms with E-state index in [4.69, 9.17) is 21.7 Å². The van der Waals surface area contributed by atoms with Crippen LogP contribution in [0.1, 0.15) is 4.88 Å². The van der Waals surface area contributed by atoms with Crippen LogP contribution in [0.2, 0.25) is 5.02 Å². The largest absolute Gasteiger partial charge is 0.497 e. The molecule has 0 atom stereocenters. The number of halogens is 1. The summed E-state index contributed by atoms with van der Waals surface area (Å²) in [6, 6.07) is 16.6. The minimum Gasteiger partial charge on any atom is -0.497 e. The molecule has 0 saturated heterocycles. The maximum Gasteiger partial charge on any atom is 0.223 e. The molecule has 2 N–H and O–H groups in total. The molecule has 25 heavy (non-hydrogen) atoms. The normalized spacial score (nSPS) is 11.4. The number of methoxy groups -OCH3 is 1. The summed E-state index contributed by atoms with van der Waals surface area (Å²) in [5.41, 5.74) is 1.97. The summed E-state index contributed by atoms with van der Waals surface area (Å²) in [4.78, 5) is 5.68. The number of hydrogen-bond donors (Lipinski definition) is 2. The first-order valence-electron chi connectivity index (χ1n) is 7.55. The number of rotatable bonds is 3. The lowest BCUT2D eigenvalue weighted by Crippen LogP contribution is -2.28. The van der Waals surface area contributed by atoms with Gasteiger partial charge in [0.05, 0.1) is 12.8 Å². The lowest BCUT2D eigenvalue weighted by Gasteiger charge is -2.11. The average Bonchev–Trinajstić information content (AvgIpc) is 2.95. The molecule has 0 aliphatic carbocycles. The Kier molecular flexibility index (Phi) is 5.21. The fourth-order valence-corrected chi connectivity index (χ4v) is 3.10. The van der Waals surface area contributed by atoms with Gasteiger partial charge in [-0.1, -0.05) is 23.1 Å². The van der Waals surface area contributed by atoms with Crippen LogP contribution in [0.3, 0.4) is 0 Å². The number of ether oxygens (including phenoxy) is 1. The molecule has 0 unspecified atom stereocenters. The summed E-state index contributed by atoms with van der Waals surface area (Å²) >= 11 is 7.40. The predicted molar refractivity (Wildman–Crippen MR) is 103 cm³/mol. The van der Waals surface area contributed by atoms with Crippen molar-refractivity contribution >= 4 is 40.5 Å². The van der Waals surface area contributed by atoms with Gasteiger partial charge in [0.2, 0.25) is 5.96 Å². The van der Waals surface area contributed by atoms with Gasteiger partial charge in [0.1, 0.15) is 11.2 Å². The lowest BCUT2D eigenvalue weighted by molar-refractivity contribution is 0.415. The lowest BCUT2D eigenvalue weighted by atomic mass is 10.3. The standard InChI is InChI=1S/C18H17ClN4OS/c1-12-11-17(20)23(25-12)18(21-14-5-3-13(19)4-6-14)22-15-7-9-16(24-2)10-8-15/h3-11,20H,1-2H3,(H,21,22). The van der Waals surface area contributed by atoms with Crippen molar-refractivity contribution in [2.75, 3.05) is 12.4 Å². The maximum atomic E-state index is 8.16. The Bertz CT molecular complexity index is 942. The van der Waals surface area contributed by atoms with Crippen LogP contribution in [0.5, 0.6) is 5.75 Å². The van der Waals surface area contributed by atoms with Gasteiger partial charge in [0.25, 0.3) is 0 Å². The Morgan fingerprint density at radius 1 is 1.16 bits per heavy atom. The van der Waals surface area contributed by atoms with Gasteiger partial charge in [-0.25, -0.2) is 8.95 Å². The molecule has 0 bridgehead atoms. The van der Waals surface area contributed by atoms with E-state index in [1.807, 2.05) is 43.3 Å². The molecule has 0 saturated carbocycles. The summed E-state index contributed by atoms with van der Waals surface area (Å²) in [5.74, 6) is 1.33. The summed E-state index contributed by atoms with van der Waals surface area (Å²) in [6.45, 7) is 1.96. The average molecular weight is 373 g/mol. The Balaban J connectivity index is 2.00. The highest BCUT2D eigenvalue weighted by atomic mass is 35.5. The van der Waals surface area contributed by atoms with Crippen molar-refractivity contribution in [3.05, 3.63) is 70.0 Å². The van der Waals surface area contributed by atoms with E-state index >= 15 is 0 Å². The van der Waals surface area contributed by atoms with Gasteiger partial charge < -0.3 is 10.1 Å². The molecule has 0 spiro atoms. The van der Waals surface area contributed by atoms with E-state index in [0.29, 0.717) is 16.5 Å². The van der Waals surface area contributed by atoms with Crippen LogP contribution in [-0.4, -0.2) is 17.0 Å². The molecule has 5 nitrogen and oxygen atoms in total. The number of aryl methyl sites for hydroxylation is 1. The smallest absolute Gasteiger partial charge is 0.223 e. The Morgan fingerprint density at radius 3 is 2.40 bits per heavy atom. The minimum atomic E-state index is 0.372. The summed E-state index contributed by atoms with van der Waals surface area (Å²) in [7, 11) is 1.63. The van der Waals surface area contributed by atoms with Crippen LogP contribution in [-0.2, 0) is 0 Å². The SMILES string of the molecule is COc1ccc(NC(=Nc2ccc(Cl)cc2)n2sc(C)cc2=N)cc1. The molecule has 0 fully saturated rings. The molecule has 0 aliphatic heterocycles. The molecular formula is C18H17ClN4OS. The Morgan fingerprint density at radius 2 is 1.84 bits per heavy atom. The van der Waals surface area contributed by atoms with Crippen molar-refractivity contribution < 1.29 is 4.74 Å². The number of aliphatic imine (C=N–C) groups is 1. The van der Waals surface area contributed by atoms with Crippen LogP contribution in [0, 0.1) is 12.3 Å². The van der Waals surface area contributed by atoms with Crippen LogP contribution >= 0.6 is 23.1 Å².